The van der Waals surface area contributed by atoms with Crippen LogP contribution in [0.3, 0.4) is 0 Å². The van der Waals surface area contributed by atoms with Gasteiger partial charge in [-0.25, -0.2) is 9.59 Å². The maximum Gasteiger partial charge on any atom is 0.407 e. The normalized spacial score (nSPS) is 13.3. The summed E-state index contributed by atoms with van der Waals surface area (Å²) in [6.45, 7) is 0.109. The zero-order valence-corrected chi connectivity index (χ0v) is 15.7. The van der Waals surface area contributed by atoms with Crippen molar-refractivity contribution in [1.29, 1.82) is 0 Å². The van der Waals surface area contributed by atoms with Crippen LogP contribution in [0.4, 0.5) is 4.79 Å². The number of carboxylic acids is 1. The predicted molar refractivity (Wildman–Crippen MR) is 104 cm³/mol. The zero-order chi connectivity index (χ0) is 19.4. The van der Waals surface area contributed by atoms with Gasteiger partial charge in [-0.15, -0.1) is 0 Å². The number of amides is 1. The Bertz CT molecular complexity index is 848. The summed E-state index contributed by atoms with van der Waals surface area (Å²) in [6.07, 6.45) is 0.469. The second kappa shape index (κ2) is 8.46. The predicted octanol–water partition coefficient (Wildman–Crippen LogP) is 4.69. The van der Waals surface area contributed by atoms with Crippen molar-refractivity contribution >= 4 is 35.3 Å². The molecule has 2 N–H and O–H groups in total. The number of nitrogens with one attached hydrogen (secondary N) is 1. The van der Waals surface area contributed by atoms with E-state index in [4.69, 9.17) is 27.9 Å². The van der Waals surface area contributed by atoms with Gasteiger partial charge in [-0.3, -0.25) is 0 Å². The van der Waals surface area contributed by atoms with Gasteiger partial charge in [0.05, 0.1) is 0 Å². The minimum absolute atomic E-state index is 0.0398. The van der Waals surface area contributed by atoms with Crippen molar-refractivity contribution in [2.24, 2.45) is 0 Å². The molecule has 1 amide bonds. The molecule has 0 saturated carbocycles. The molecule has 3 rings (SSSR count). The van der Waals surface area contributed by atoms with Crippen LogP contribution in [0, 0.1) is 0 Å². The van der Waals surface area contributed by atoms with Crippen molar-refractivity contribution < 1.29 is 19.4 Å². The number of ether oxygens (including phenoxy) is 1. The van der Waals surface area contributed by atoms with Crippen LogP contribution in [0.2, 0.25) is 0 Å². The first-order valence-corrected chi connectivity index (χ1v) is 9.08. The quantitative estimate of drug-likeness (QED) is 0.730. The largest absolute Gasteiger partial charge is 0.480 e. The number of hydrogen-bond acceptors (Lipinski definition) is 3. The molecule has 0 bridgehead atoms. The number of aliphatic carboxylic acids is 1. The minimum atomic E-state index is -1.20. The van der Waals surface area contributed by atoms with Crippen LogP contribution in [-0.4, -0.2) is 29.8 Å². The molecule has 0 heterocycles. The first-order valence-electron chi connectivity index (χ1n) is 8.33. The highest BCUT2D eigenvalue weighted by molar-refractivity contribution is 6.55. The summed E-state index contributed by atoms with van der Waals surface area (Å²) in [5, 5.41) is 11.5. The van der Waals surface area contributed by atoms with Crippen LogP contribution in [0.5, 0.6) is 0 Å². The second-order valence-electron chi connectivity index (χ2n) is 6.09. The number of fused-ring (bicyclic) bond motifs is 3. The number of hydrogen-bond donors (Lipinski definition) is 2. The minimum Gasteiger partial charge on any atom is -0.480 e. The molecule has 1 atom stereocenters. The Morgan fingerprint density at radius 2 is 1.63 bits per heavy atom. The van der Waals surface area contributed by atoms with Crippen molar-refractivity contribution in [1.82, 2.24) is 5.32 Å². The van der Waals surface area contributed by atoms with E-state index in [2.05, 4.69) is 5.32 Å². The average Bonchev–Trinajstić information content (AvgIpc) is 2.97. The molecule has 2 aromatic rings. The number of rotatable bonds is 6. The van der Waals surface area contributed by atoms with Crippen molar-refractivity contribution in [2.45, 2.75) is 18.4 Å². The van der Waals surface area contributed by atoms with Gasteiger partial charge in [0.25, 0.3) is 0 Å². The molecule has 0 aromatic heterocycles. The first-order chi connectivity index (χ1) is 13.0. The Morgan fingerprint density at radius 1 is 1.07 bits per heavy atom. The highest BCUT2D eigenvalue weighted by Gasteiger charge is 2.29. The van der Waals surface area contributed by atoms with E-state index in [1.54, 1.807) is 0 Å². The molecule has 140 valence electrons. The van der Waals surface area contributed by atoms with Crippen LogP contribution < -0.4 is 5.32 Å². The van der Waals surface area contributed by atoms with Gasteiger partial charge in [-0.05, 0) is 28.7 Å². The fourth-order valence-electron chi connectivity index (χ4n) is 3.21. The monoisotopic (exact) mass is 405 g/mol. The van der Waals surface area contributed by atoms with E-state index in [0.29, 0.717) is 0 Å². The van der Waals surface area contributed by atoms with Gasteiger partial charge in [0.1, 0.15) is 17.1 Å². The Kier molecular flexibility index (Phi) is 6.04. The zero-order valence-electron chi connectivity index (χ0n) is 14.2. The Morgan fingerprint density at radius 3 is 2.15 bits per heavy atom. The number of carbonyl (C=O) groups is 2. The maximum atomic E-state index is 12.1. The number of halogens is 2. The molecule has 1 unspecified atom stereocenters. The van der Waals surface area contributed by atoms with Gasteiger partial charge in [0.15, 0.2) is 0 Å². The van der Waals surface area contributed by atoms with Crippen LogP contribution in [0.25, 0.3) is 11.1 Å². The third kappa shape index (κ3) is 4.43. The van der Waals surface area contributed by atoms with E-state index in [1.165, 1.54) is 6.08 Å². The lowest BCUT2D eigenvalue weighted by Crippen LogP contribution is -2.41. The standard InChI is InChI=1S/C20H17Cl2NO4/c21-18(22)10-9-17(19(24)25)23-20(26)27-11-16-14-7-3-1-5-12(14)13-6-2-4-8-15(13)16/h1-8,10,16-17H,9,11H2,(H,23,26)(H,24,25). The molecule has 0 spiro atoms. The summed E-state index contributed by atoms with van der Waals surface area (Å²) in [4.78, 5) is 23.3. The summed E-state index contributed by atoms with van der Waals surface area (Å²) in [7, 11) is 0. The summed E-state index contributed by atoms with van der Waals surface area (Å²) in [6, 6.07) is 14.8. The lowest BCUT2D eigenvalue weighted by atomic mass is 9.98. The van der Waals surface area contributed by atoms with Crippen LogP contribution in [0.1, 0.15) is 23.5 Å². The highest BCUT2D eigenvalue weighted by atomic mass is 35.5. The second-order valence-corrected chi connectivity index (χ2v) is 7.10. The van der Waals surface area contributed by atoms with Gasteiger partial charge >= 0.3 is 12.1 Å². The van der Waals surface area contributed by atoms with Gasteiger partial charge in [-0.2, -0.15) is 0 Å². The molecule has 0 saturated heterocycles. The lowest BCUT2D eigenvalue weighted by molar-refractivity contribution is -0.139. The molecule has 0 radical (unpaired) electrons. The fraction of sp³-hybridized carbons (Fsp3) is 0.200. The van der Waals surface area contributed by atoms with E-state index < -0.39 is 18.1 Å². The Balaban J connectivity index is 1.68. The smallest absolute Gasteiger partial charge is 0.407 e. The molecule has 2 aromatic carbocycles. The van der Waals surface area contributed by atoms with E-state index in [0.717, 1.165) is 22.3 Å². The topological polar surface area (TPSA) is 75.6 Å². The Labute approximate surface area is 166 Å². The Hall–Kier alpha value is -2.50. The third-order valence-corrected chi connectivity index (χ3v) is 4.75. The van der Waals surface area contributed by atoms with Gasteiger partial charge < -0.3 is 15.2 Å². The maximum absolute atomic E-state index is 12.1. The van der Waals surface area contributed by atoms with Gasteiger partial charge in [0.2, 0.25) is 0 Å². The molecular weight excluding hydrogens is 389 g/mol. The van der Waals surface area contributed by atoms with Crippen molar-refractivity contribution in [3.05, 3.63) is 70.2 Å². The SMILES string of the molecule is O=C(NC(CC=C(Cl)Cl)C(=O)O)OCC1c2ccccc2-c2ccccc21. The summed E-state index contributed by atoms with van der Waals surface area (Å²) < 4.78 is 5.27. The number of carboxylic acid groups (broad SMARTS) is 1. The van der Waals surface area contributed by atoms with E-state index >= 15 is 0 Å². The first kappa shape index (κ1) is 19.3. The lowest BCUT2D eigenvalue weighted by Gasteiger charge is -2.16. The summed E-state index contributed by atoms with van der Waals surface area (Å²) in [5.74, 6) is -1.29. The van der Waals surface area contributed by atoms with Gasteiger partial charge in [0, 0.05) is 5.92 Å². The van der Waals surface area contributed by atoms with Crippen molar-refractivity contribution in [3.63, 3.8) is 0 Å². The van der Waals surface area contributed by atoms with Crippen LogP contribution in [-0.2, 0) is 9.53 Å². The molecular formula is C20H17Cl2NO4. The molecule has 0 fully saturated rings. The van der Waals surface area contributed by atoms with Crippen molar-refractivity contribution in [3.8, 4) is 11.1 Å². The molecule has 0 aliphatic heterocycles. The summed E-state index contributed by atoms with van der Waals surface area (Å²) >= 11 is 11.0. The van der Waals surface area contributed by atoms with Crippen LogP contribution >= 0.6 is 23.2 Å². The van der Waals surface area contributed by atoms with E-state index in [1.807, 2.05) is 48.5 Å². The average molecular weight is 406 g/mol. The molecule has 27 heavy (non-hydrogen) atoms. The van der Waals surface area contributed by atoms with Crippen molar-refractivity contribution in [2.75, 3.05) is 6.61 Å². The highest BCUT2D eigenvalue weighted by Crippen LogP contribution is 2.44. The molecule has 1 aliphatic carbocycles. The third-order valence-electron chi connectivity index (χ3n) is 4.44. The van der Waals surface area contributed by atoms with Gasteiger partial charge in [-0.1, -0.05) is 77.8 Å². The number of carbonyl (C=O) groups excluding carboxylic acids is 1. The molecule has 7 heteroatoms. The number of alkyl carbamates (subject to hydrolysis) is 1. The molecule has 5 nitrogen and oxygen atoms in total. The summed E-state index contributed by atoms with van der Waals surface area (Å²) in [5.41, 5.74) is 4.40. The van der Waals surface area contributed by atoms with Crippen LogP contribution in [0.15, 0.2) is 59.1 Å². The van der Waals surface area contributed by atoms with E-state index in [-0.39, 0.29) is 23.4 Å². The number of benzene rings is 2. The van der Waals surface area contributed by atoms with E-state index in [9.17, 15) is 14.7 Å². The fourth-order valence-corrected chi connectivity index (χ4v) is 3.39. The molecule has 1 aliphatic rings.